The van der Waals surface area contributed by atoms with Crippen LogP contribution in [0.1, 0.15) is 25.3 Å². The predicted octanol–water partition coefficient (Wildman–Crippen LogP) is 2.57. The third-order valence-electron chi connectivity index (χ3n) is 5.76. The van der Waals surface area contributed by atoms with Crippen molar-refractivity contribution in [1.29, 1.82) is 0 Å². The molecular formula is C22H30FN5O2. The summed E-state index contributed by atoms with van der Waals surface area (Å²) in [6.45, 7) is 3.96. The lowest BCUT2D eigenvalue weighted by Crippen LogP contribution is -2.48. The van der Waals surface area contributed by atoms with Crippen molar-refractivity contribution in [2.75, 3.05) is 39.2 Å². The van der Waals surface area contributed by atoms with Crippen LogP contribution in [-0.4, -0.2) is 72.3 Å². The van der Waals surface area contributed by atoms with Gasteiger partial charge >= 0.3 is 0 Å². The summed E-state index contributed by atoms with van der Waals surface area (Å²) in [6, 6.07) is 8.64. The lowest BCUT2D eigenvalue weighted by Gasteiger charge is -2.33. The van der Waals surface area contributed by atoms with Gasteiger partial charge in [-0.25, -0.2) is 4.39 Å². The number of carbonyl (C=O) groups excluding carboxylic acids is 1. The second-order valence-corrected chi connectivity index (χ2v) is 7.85. The number of hydrogen-bond acceptors (Lipinski definition) is 6. The number of likely N-dealkylation sites (N-methyl/N-ethyl adjacent to an activating group) is 2. The van der Waals surface area contributed by atoms with E-state index in [2.05, 4.69) is 20.0 Å². The fourth-order valence-corrected chi connectivity index (χ4v) is 3.93. The van der Waals surface area contributed by atoms with Gasteiger partial charge in [0.1, 0.15) is 0 Å². The van der Waals surface area contributed by atoms with Gasteiger partial charge in [0, 0.05) is 38.9 Å². The largest absolute Gasteiger partial charge is 0.494 e. The minimum absolute atomic E-state index is 0.00206. The van der Waals surface area contributed by atoms with E-state index in [1.54, 1.807) is 30.3 Å². The standard InChI is InChI=1S/C22H30FN5O2/c1-16(22(29)27(3)14-17-9-10-20(30-4)19(23)13-17)26(2)15-18-7-6-12-28(18)21-8-5-11-24-25-21/h5,8-11,13,16,18H,6-7,12,14-15H2,1-4H3. The molecule has 0 saturated carbocycles. The highest BCUT2D eigenvalue weighted by molar-refractivity contribution is 5.81. The number of amides is 1. The van der Waals surface area contributed by atoms with E-state index in [-0.39, 0.29) is 17.7 Å². The third-order valence-corrected chi connectivity index (χ3v) is 5.76. The molecule has 7 nitrogen and oxygen atoms in total. The van der Waals surface area contributed by atoms with E-state index in [1.807, 2.05) is 26.1 Å². The Kier molecular flexibility index (Phi) is 7.20. The van der Waals surface area contributed by atoms with Crippen molar-refractivity contribution in [3.05, 3.63) is 47.9 Å². The molecule has 2 heterocycles. The van der Waals surface area contributed by atoms with Crippen LogP contribution in [0.3, 0.4) is 0 Å². The maximum atomic E-state index is 13.9. The van der Waals surface area contributed by atoms with Crippen molar-refractivity contribution < 1.29 is 13.9 Å². The van der Waals surface area contributed by atoms with Crippen LogP contribution >= 0.6 is 0 Å². The summed E-state index contributed by atoms with van der Waals surface area (Å²) in [5, 5.41) is 8.22. The highest BCUT2D eigenvalue weighted by atomic mass is 19.1. The lowest BCUT2D eigenvalue weighted by atomic mass is 10.1. The van der Waals surface area contributed by atoms with Gasteiger partial charge in [-0.2, -0.15) is 5.10 Å². The summed E-state index contributed by atoms with van der Waals surface area (Å²) in [6.07, 6.45) is 3.83. The van der Waals surface area contributed by atoms with Gasteiger partial charge in [-0.1, -0.05) is 6.07 Å². The van der Waals surface area contributed by atoms with Crippen molar-refractivity contribution >= 4 is 11.7 Å². The summed E-state index contributed by atoms with van der Waals surface area (Å²) >= 11 is 0. The Hall–Kier alpha value is -2.74. The molecule has 0 spiro atoms. The molecule has 0 aliphatic carbocycles. The van der Waals surface area contributed by atoms with Crippen LogP contribution in [-0.2, 0) is 11.3 Å². The Balaban J connectivity index is 1.58. The highest BCUT2D eigenvalue weighted by Gasteiger charge is 2.30. The quantitative estimate of drug-likeness (QED) is 0.660. The molecule has 8 heteroatoms. The normalized spacial score (nSPS) is 17.3. The van der Waals surface area contributed by atoms with E-state index in [0.717, 1.165) is 37.3 Å². The van der Waals surface area contributed by atoms with E-state index < -0.39 is 5.82 Å². The number of benzene rings is 1. The van der Waals surface area contributed by atoms with E-state index in [1.165, 1.54) is 13.2 Å². The zero-order valence-corrected chi connectivity index (χ0v) is 18.1. The average Bonchev–Trinajstić information content (AvgIpc) is 3.21. The zero-order valence-electron chi connectivity index (χ0n) is 18.1. The molecule has 3 rings (SSSR count). The number of halogens is 1. The highest BCUT2D eigenvalue weighted by Crippen LogP contribution is 2.24. The Morgan fingerprint density at radius 1 is 1.37 bits per heavy atom. The second kappa shape index (κ2) is 9.84. The van der Waals surface area contributed by atoms with Crippen LogP contribution in [0.15, 0.2) is 36.5 Å². The molecule has 30 heavy (non-hydrogen) atoms. The molecule has 1 aliphatic rings. The predicted molar refractivity (Wildman–Crippen MR) is 114 cm³/mol. The fraction of sp³-hybridized carbons (Fsp3) is 0.500. The Morgan fingerprint density at radius 3 is 2.83 bits per heavy atom. The Bertz CT molecular complexity index is 851. The second-order valence-electron chi connectivity index (χ2n) is 7.85. The molecule has 1 aliphatic heterocycles. The van der Waals surface area contributed by atoms with Gasteiger partial charge in [0.15, 0.2) is 17.4 Å². The van der Waals surface area contributed by atoms with Gasteiger partial charge in [-0.05, 0) is 56.6 Å². The minimum atomic E-state index is -0.425. The number of methoxy groups -OCH3 is 1. The molecule has 2 atom stereocenters. The molecule has 0 N–H and O–H groups in total. The maximum absolute atomic E-state index is 13.9. The van der Waals surface area contributed by atoms with Crippen molar-refractivity contribution in [3.63, 3.8) is 0 Å². The first-order chi connectivity index (χ1) is 14.4. The fourth-order valence-electron chi connectivity index (χ4n) is 3.93. The molecule has 2 unspecified atom stereocenters. The Morgan fingerprint density at radius 2 is 2.17 bits per heavy atom. The van der Waals surface area contributed by atoms with E-state index in [4.69, 9.17) is 4.74 Å². The van der Waals surface area contributed by atoms with Crippen molar-refractivity contribution in [2.45, 2.75) is 38.4 Å². The minimum Gasteiger partial charge on any atom is -0.494 e. The SMILES string of the molecule is COc1ccc(CN(C)C(=O)C(C)N(C)CC2CCCN2c2cccnn2)cc1F. The van der Waals surface area contributed by atoms with Crippen LogP contribution in [0.2, 0.25) is 0 Å². The molecule has 0 bridgehead atoms. The van der Waals surface area contributed by atoms with E-state index in [0.29, 0.717) is 12.6 Å². The van der Waals surface area contributed by atoms with Gasteiger partial charge in [-0.15, -0.1) is 5.10 Å². The maximum Gasteiger partial charge on any atom is 0.239 e. The van der Waals surface area contributed by atoms with Gasteiger partial charge < -0.3 is 14.5 Å². The topological polar surface area (TPSA) is 61.8 Å². The van der Waals surface area contributed by atoms with Crippen LogP contribution in [0.4, 0.5) is 10.2 Å². The summed E-state index contributed by atoms with van der Waals surface area (Å²) in [4.78, 5) is 18.9. The number of rotatable bonds is 8. The first-order valence-electron chi connectivity index (χ1n) is 10.2. The molecule has 1 fully saturated rings. The van der Waals surface area contributed by atoms with Crippen molar-refractivity contribution in [2.24, 2.45) is 0 Å². The molecule has 2 aromatic rings. The number of ether oxygens (including phenoxy) is 1. The molecule has 0 radical (unpaired) electrons. The molecule has 1 saturated heterocycles. The third kappa shape index (κ3) is 5.05. The van der Waals surface area contributed by atoms with E-state index in [9.17, 15) is 9.18 Å². The molecule has 1 aromatic heterocycles. The number of anilines is 1. The summed E-state index contributed by atoms with van der Waals surface area (Å²) in [7, 11) is 5.15. The molecular weight excluding hydrogens is 385 g/mol. The number of nitrogens with zero attached hydrogens (tertiary/aromatic N) is 5. The van der Waals surface area contributed by atoms with Crippen LogP contribution in [0.5, 0.6) is 5.75 Å². The van der Waals surface area contributed by atoms with Crippen molar-refractivity contribution in [1.82, 2.24) is 20.0 Å². The molecule has 162 valence electrons. The molecule has 1 aromatic carbocycles. The van der Waals surface area contributed by atoms with Gasteiger partial charge in [-0.3, -0.25) is 9.69 Å². The first-order valence-corrected chi connectivity index (χ1v) is 10.2. The lowest BCUT2D eigenvalue weighted by molar-refractivity contribution is -0.135. The monoisotopic (exact) mass is 415 g/mol. The Labute approximate surface area is 177 Å². The first kappa shape index (κ1) is 22.0. The van der Waals surface area contributed by atoms with Crippen LogP contribution in [0.25, 0.3) is 0 Å². The van der Waals surface area contributed by atoms with Crippen LogP contribution in [0, 0.1) is 5.82 Å². The summed E-state index contributed by atoms with van der Waals surface area (Å²) < 4.78 is 18.9. The van der Waals surface area contributed by atoms with Gasteiger partial charge in [0.05, 0.1) is 13.2 Å². The van der Waals surface area contributed by atoms with Crippen molar-refractivity contribution in [3.8, 4) is 5.75 Å². The van der Waals surface area contributed by atoms with Gasteiger partial charge in [0.2, 0.25) is 5.91 Å². The van der Waals surface area contributed by atoms with Gasteiger partial charge in [0.25, 0.3) is 0 Å². The summed E-state index contributed by atoms with van der Waals surface area (Å²) in [5.74, 6) is 0.653. The number of aromatic nitrogens is 2. The zero-order chi connectivity index (χ0) is 21.7. The van der Waals surface area contributed by atoms with Crippen LogP contribution < -0.4 is 9.64 Å². The summed E-state index contributed by atoms with van der Waals surface area (Å²) in [5.41, 5.74) is 0.726. The smallest absolute Gasteiger partial charge is 0.239 e. The number of carbonyl (C=O) groups is 1. The number of hydrogen-bond donors (Lipinski definition) is 0. The average molecular weight is 416 g/mol. The molecule has 1 amide bonds. The van der Waals surface area contributed by atoms with E-state index >= 15 is 0 Å².